The molecule has 0 amide bonds. The summed E-state index contributed by atoms with van der Waals surface area (Å²) >= 11 is 0. The van der Waals surface area contributed by atoms with Crippen LogP contribution in [-0.4, -0.2) is 16.8 Å². The number of benzene rings is 2. The van der Waals surface area contributed by atoms with Crippen LogP contribution in [0.3, 0.4) is 0 Å². The number of aromatic hydroxyl groups is 1. The van der Waals surface area contributed by atoms with Crippen LogP contribution in [0.15, 0.2) is 36.4 Å². The standard InChI is InChI=1S/C12H13NO2.ClH/c13-12(7-14)10-2-1-9-6-11(15)4-3-8(9)5-10;/h1-6,12,14-15H,7,13H2;1H/t12-;/m0./s1. The number of hydrogen-bond acceptors (Lipinski definition) is 3. The molecule has 0 aliphatic carbocycles. The molecule has 16 heavy (non-hydrogen) atoms. The van der Waals surface area contributed by atoms with E-state index in [1.807, 2.05) is 24.3 Å². The van der Waals surface area contributed by atoms with E-state index >= 15 is 0 Å². The molecule has 0 heterocycles. The highest BCUT2D eigenvalue weighted by Gasteiger charge is 2.04. The highest BCUT2D eigenvalue weighted by atomic mass is 35.5. The number of aliphatic hydroxyl groups is 1. The Labute approximate surface area is 99.9 Å². The third-order valence-electron chi connectivity index (χ3n) is 2.47. The summed E-state index contributed by atoms with van der Waals surface area (Å²) in [4.78, 5) is 0. The number of rotatable bonds is 2. The summed E-state index contributed by atoms with van der Waals surface area (Å²) in [6.45, 7) is -0.0659. The van der Waals surface area contributed by atoms with E-state index in [1.165, 1.54) is 0 Å². The molecule has 0 aromatic heterocycles. The van der Waals surface area contributed by atoms with Crippen LogP contribution in [0.4, 0.5) is 0 Å². The third kappa shape index (κ3) is 2.44. The molecule has 4 N–H and O–H groups in total. The molecule has 4 heteroatoms. The van der Waals surface area contributed by atoms with Crippen molar-refractivity contribution in [3.63, 3.8) is 0 Å². The molecule has 3 nitrogen and oxygen atoms in total. The average Bonchev–Trinajstić information content (AvgIpc) is 2.27. The average molecular weight is 240 g/mol. The highest BCUT2D eigenvalue weighted by molar-refractivity contribution is 5.85. The van der Waals surface area contributed by atoms with Crippen LogP contribution in [0.25, 0.3) is 10.8 Å². The van der Waals surface area contributed by atoms with Gasteiger partial charge in [0.1, 0.15) is 5.75 Å². The van der Waals surface area contributed by atoms with Gasteiger partial charge in [-0.05, 0) is 34.5 Å². The van der Waals surface area contributed by atoms with Crippen molar-refractivity contribution in [3.05, 3.63) is 42.0 Å². The second-order valence-corrected chi connectivity index (χ2v) is 3.58. The van der Waals surface area contributed by atoms with Crippen molar-refractivity contribution in [2.45, 2.75) is 6.04 Å². The first kappa shape index (κ1) is 12.8. The maximum Gasteiger partial charge on any atom is 0.116 e. The number of nitrogens with two attached hydrogens (primary N) is 1. The topological polar surface area (TPSA) is 66.5 Å². The summed E-state index contributed by atoms with van der Waals surface area (Å²) in [5.74, 6) is 0.252. The minimum absolute atomic E-state index is 0. The van der Waals surface area contributed by atoms with Gasteiger partial charge in [-0.3, -0.25) is 0 Å². The van der Waals surface area contributed by atoms with Gasteiger partial charge in [-0.25, -0.2) is 0 Å². The second-order valence-electron chi connectivity index (χ2n) is 3.58. The fourth-order valence-electron chi connectivity index (χ4n) is 1.59. The predicted octanol–water partition coefficient (Wildman–Crippen LogP) is 1.96. The molecule has 0 saturated heterocycles. The van der Waals surface area contributed by atoms with E-state index in [-0.39, 0.29) is 30.8 Å². The molecular weight excluding hydrogens is 226 g/mol. The van der Waals surface area contributed by atoms with Crippen molar-refractivity contribution in [2.24, 2.45) is 5.73 Å². The molecule has 0 bridgehead atoms. The van der Waals surface area contributed by atoms with Gasteiger partial charge in [0.25, 0.3) is 0 Å². The van der Waals surface area contributed by atoms with Crippen molar-refractivity contribution in [3.8, 4) is 5.75 Å². The summed E-state index contributed by atoms with van der Waals surface area (Å²) < 4.78 is 0. The normalized spacial score (nSPS) is 12.1. The molecule has 2 aromatic carbocycles. The van der Waals surface area contributed by atoms with E-state index in [1.54, 1.807) is 12.1 Å². The Morgan fingerprint density at radius 3 is 2.38 bits per heavy atom. The van der Waals surface area contributed by atoms with Crippen molar-refractivity contribution in [1.82, 2.24) is 0 Å². The van der Waals surface area contributed by atoms with Crippen LogP contribution in [-0.2, 0) is 0 Å². The van der Waals surface area contributed by atoms with Crippen LogP contribution in [0, 0.1) is 0 Å². The lowest BCUT2D eigenvalue weighted by molar-refractivity contribution is 0.268. The summed E-state index contributed by atoms with van der Waals surface area (Å²) in [6, 6.07) is 10.5. The molecule has 0 spiro atoms. The summed E-state index contributed by atoms with van der Waals surface area (Å²) in [6.07, 6.45) is 0. The van der Waals surface area contributed by atoms with Crippen molar-refractivity contribution in [1.29, 1.82) is 0 Å². The van der Waals surface area contributed by atoms with Gasteiger partial charge in [-0.1, -0.05) is 18.2 Å². The van der Waals surface area contributed by atoms with Gasteiger partial charge in [0.15, 0.2) is 0 Å². The summed E-state index contributed by atoms with van der Waals surface area (Å²) in [5.41, 5.74) is 6.61. The molecule has 0 saturated carbocycles. The lowest BCUT2D eigenvalue weighted by atomic mass is 10.0. The molecule has 2 rings (SSSR count). The highest BCUT2D eigenvalue weighted by Crippen LogP contribution is 2.22. The molecule has 0 aliphatic rings. The fraction of sp³-hybridized carbons (Fsp3) is 0.167. The molecule has 2 aromatic rings. The Bertz CT molecular complexity index is 487. The van der Waals surface area contributed by atoms with E-state index in [0.717, 1.165) is 16.3 Å². The van der Waals surface area contributed by atoms with E-state index < -0.39 is 0 Å². The van der Waals surface area contributed by atoms with Crippen molar-refractivity contribution >= 4 is 23.2 Å². The quantitative estimate of drug-likeness (QED) is 0.751. The van der Waals surface area contributed by atoms with Crippen LogP contribution >= 0.6 is 12.4 Å². The molecular formula is C12H14ClNO2. The Morgan fingerprint density at radius 1 is 1.06 bits per heavy atom. The summed E-state index contributed by atoms with van der Waals surface area (Å²) in [7, 11) is 0. The second kappa shape index (κ2) is 5.16. The van der Waals surface area contributed by atoms with Crippen LogP contribution in [0.5, 0.6) is 5.75 Å². The van der Waals surface area contributed by atoms with Gasteiger partial charge in [0, 0.05) is 0 Å². The number of halogens is 1. The summed E-state index contributed by atoms with van der Waals surface area (Å²) in [5, 5.41) is 20.2. The van der Waals surface area contributed by atoms with Gasteiger partial charge in [-0.15, -0.1) is 12.4 Å². The lowest BCUT2D eigenvalue weighted by Crippen LogP contribution is -2.14. The van der Waals surface area contributed by atoms with Crippen LogP contribution < -0.4 is 5.73 Å². The predicted molar refractivity (Wildman–Crippen MR) is 66.9 cm³/mol. The van der Waals surface area contributed by atoms with Gasteiger partial charge in [0.2, 0.25) is 0 Å². The Morgan fingerprint density at radius 2 is 1.69 bits per heavy atom. The van der Waals surface area contributed by atoms with E-state index in [9.17, 15) is 5.11 Å². The zero-order valence-corrected chi connectivity index (χ0v) is 9.45. The van der Waals surface area contributed by atoms with Gasteiger partial charge < -0.3 is 15.9 Å². The maximum absolute atomic E-state index is 9.29. The molecule has 0 fully saturated rings. The largest absolute Gasteiger partial charge is 0.508 e. The number of hydrogen-bond donors (Lipinski definition) is 3. The van der Waals surface area contributed by atoms with Gasteiger partial charge in [0.05, 0.1) is 12.6 Å². The van der Waals surface area contributed by atoms with Gasteiger partial charge >= 0.3 is 0 Å². The fourth-order valence-corrected chi connectivity index (χ4v) is 1.59. The SMILES string of the molecule is Cl.N[C@@H](CO)c1ccc2cc(O)ccc2c1. The molecule has 0 radical (unpaired) electrons. The zero-order chi connectivity index (χ0) is 10.8. The molecule has 0 aliphatic heterocycles. The van der Waals surface area contributed by atoms with Gasteiger partial charge in [-0.2, -0.15) is 0 Å². The first-order chi connectivity index (χ1) is 7.20. The van der Waals surface area contributed by atoms with Crippen LogP contribution in [0.1, 0.15) is 11.6 Å². The zero-order valence-electron chi connectivity index (χ0n) is 8.63. The Kier molecular flexibility index (Phi) is 4.12. The van der Waals surface area contributed by atoms with E-state index in [4.69, 9.17) is 10.8 Å². The number of aliphatic hydroxyl groups excluding tert-OH is 1. The smallest absolute Gasteiger partial charge is 0.116 e. The molecule has 0 unspecified atom stereocenters. The Hall–Kier alpha value is -1.29. The van der Waals surface area contributed by atoms with E-state index in [0.29, 0.717) is 0 Å². The number of phenolic OH excluding ortho intramolecular Hbond substituents is 1. The van der Waals surface area contributed by atoms with Crippen LogP contribution in [0.2, 0.25) is 0 Å². The number of fused-ring (bicyclic) bond motifs is 1. The molecule has 1 atom stereocenters. The third-order valence-corrected chi connectivity index (χ3v) is 2.47. The molecule has 86 valence electrons. The minimum Gasteiger partial charge on any atom is -0.508 e. The number of phenols is 1. The van der Waals surface area contributed by atoms with Crippen molar-refractivity contribution < 1.29 is 10.2 Å². The first-order valence-corrected chi connectivity index (χ1v) is 4.80. The monoisotopic (exact) mass is 239 g/mol. The van der Waals surface area contributed by atoms with E-state index in [2.05, 4.69) is 0 Å². The maximum atomic E-state index is 9.29. The van der Waals surface area contributed by atoms with Crippen molar-refractivity contribution in [2.75, 3.05) is 6.61 Å². The Balaban J connectivity index is 0.00000128. The minimum atomic E-state index is -0.344. The lowest BCUT2D eigenvalue weighted by Gasteiger charge is -2.09. The first-order valence-electron chi connectivity index (χ1n) is 4.80.